The third kappa shape index (κ3) is 2.40. The van der Waals surface area contributed by atoms with Crippen LogP contribution in [0, 0.1) is 0 Å². The normalized spacial score (nSPS) is 16.4. The van der Waals surface area contributed by atoms with Crippen LogP contribution in [0.4, 0.5) is 0 Å². The smallest absolute Gasteiger partial charge is 0.293 e. The monoisotopic (exact) mass is 222 g/mol. The Morgan fingerprint density at radius 3 is 2.81 bits per heavy atom. The van der Waals surface area contributed by atoms with Crippen LogP contribution < -0.4 is 0 Å². The maximum absolute atomic E-state index is 12.0. The van der Waals surface area contributed by atoms with E-state index in [4.69, 9.17) is 0 Å². The van der Waals surface area contributed by atoms with Crippen LogP contribution >= 0.6 is 0 Å². The molecule has 0 atom stereocenters. The highest BCUT2D eigenvalue weighted by molar-refractivity contribution is 5.90. The molecular weight excluding hydrogens is 204 g/mol. The number of nitrogens with zero attached hydrogens (tertiary/aromatic N) is 3. The second-order valence-electron chi connectivity index (χ2n) is 4.21. The van der Waals surface area contributed by atoms with Crippen molar-refractivity contribution >= 4 is 5.91 Å². The summed E-state index contributed by atoms with van der Waals surface area (Å²) in [5, 5.41) is 6.80. The Morgan fingerprint density at radius 1 is 1.38 bits per heavy atom. The van der Waals surface area contributed by atoms with E-state index in [1.54, 1.807) is 0 Å². The topological polar surface area (TPSA) is 61.9 Å². The highest BCUT2D eigenvalue weighted by Gasteiger charge is 2.21. The minimum absolute atomic E-state index is 0.0293. The van der Waals surface area contributed by atoms with Gasteiger partial charge in [0.2, 0.25) is 5.82 Å². The largest absolute Gasteiger partial charge is 0.336 e. The molecule has 5 nitrogen and oxygen atoms in total. The van der Waals surface area contributed by atoms with Gasteiger partial charge in [0.1, 0.15) is 5.82 Å². The number of hydrogen-bond acceptors (Lipinski definition) is 3. The van der Waals surface area contributed by atoms with Crippen LogP contribution in [0.3, 0.4) is 0 Å². The first-order valence-electron chi connectivity index (χ1n) is 6.02. The summed E-state index contributed by atoms with van der Waals surface area (Å²) in [5.41, 5.74) is 0. The van der Waals surface area contributed by atoms with Crippen LogP contribution in [0.5, 0.6) is 0 Å². The lowest BCUT2D eigenvalue weighted by atomic mass is 10.1. The number of likely N-dealkylation sites (tertiary alicyclic amines) is 1. The highest BCUT2D eigenvalue weighted by Crippen LogP contribution is 2.11. The molecule has 0 bridgehead atoms. The molecular formula is C11H18N4O. The first kappa shape index (κ1) is 11.1. The number of aryl methyl sites for hydroxylation is 1. The van der Waals surface area contributed by atoms with Crippen molar-refractivity contribution in [2.75, 3.05) is 13.1 Å². The van der Waals surface area contributed by atoms with Crippen LogP contribution in [0.25, 0.3) is 0 Å². The van der Waals surface area contributed by atoms with Crippen molar-refractivity contribution in [1.29, 1.82) is 0 Å². The standard InChI is InChI=1S/C11H18N4O/c1-2-6-9-12-10(14-13-9)11(16)15-7-4-3-5-8-15/h2-8H2,1H3,(H,12,13,14). The van der Waals surface area contributed by atoms with Crippen LogP contribution in [0.15, 0.2) is 0 Å². The summed E-state index contributed by atoms with van der Waals surface area (Å²) in [6.07, 6.45) is 5.27. The predicted octanol–water partition coefficient (Wildman–Crippen LogP) is 1.38. The van der Waals surface area contributed by atoms with Gasteiger partial charge < -0.3 is 4.90 Å². The van der Waals surface area contributed by atoms with Crippen molar-refractivity contribution in [3.05, 3.63) is 11.6 Å². The van der Waals surface area contributed by atoms with Gasteiger partial charge in [0.15, 0.2) is 0 Å². The van der Waals surface area contributed by atoms with Gasteiger partial charge in [0, 0.05) is 19.5 Å². The number of piperidine rings is 1. The molecule has 2 heterocycles. The lowest BCUT2D eigenvalue weighted by Gasteiger charge is -2.25. The van der Waals surface area contributed by atoms with Gasteiger partial charge in [0.25, 0.3) is 5.91 Å². The Bertz CT molecular complexity index is 355. The lowest BCUT2D eigenvalue weighted by Crippen LogP contribution is -2.36. The van der Waals surface area contributed by atoms with E-state index in [0.717, 1.165) is 44.6 Å². The number of amides is 1. The molecule has 1 aliphatic heterocycles. The highest BCUT2D eigenvalue weighted by atomic mass is 16.2. The fourth-order valence-electron chi connectivity index (χ4n) is 1.98. The Hall–Kier alpha value is -1.39. The van der Waals surface area contributed by atoms with Gasteiger partial charge in [-0.3, -0.25) is 9.89 Å². The predicted molar refractivity (Wildman–Crippen MR) is 60.1 cm³/mol. The summed E-state index contributed by atoms with van der Waals surface area (Å²) in [7, 11) is 0. The van der Waals surface area contributed by atoms with Crippen LogP contribution in [-0.4, -0.2) is 39.1 Å². The van der Waals surface area contributed by atoms with Crippen LogP contribution in [0.1, 0.15) is 49.1 Å². The summed E-state index contributed by atoms with van der Waals surface area (Å²) in [6, 6.07) is 0. The van der Waals surface area contributed by atoms with E-state index in [9.17, 15) is 4.79 Å². The minimum Gasteiger partial charge on any atom is -0.336 e. The number of aromatic nitrogens is 3. The van der Waals surface area contributed by atoms with E-state index < -0.39 is 0 Å². The van der Waals surface area contributed by atoms with Crippen molar-refractivity contribution < 1.29 is 4.79 Å². The quantitative estimate of drug-likeness (QED) is 0.840. The van der Waals surface area contributed by atoms with Gasteiger partial charge in [-0.1, -0.05) is 6.92 Å². The van der Waals surface area contributed by atoms with E-state index >= 15 is 0 Å². The van der Waals surface area contributed by atoms with Crippen LogP contribution in [0.2, 0.25) is 0 Å². The van der Waals surface area contributed by atoms with Crippen molar-refractivity contribution in [2.24, 2.45) is 0 Å². The zero-order valence-electron chi connectivity index (χ0n) is 9.70. The molecule has 0 unspecified atom stereocenters. The third-order valence-electron chi connectivity index (χ3n) is 2.85. The summed E-state index contributed by atoms with van der Waals surface area (Å²) in [4.78, 5) is 18.1. The third-order valence-corrected chi connectivity index (χ3v) is 2.85. The lowest BCUT2D eigenvalue weighted by molar-refractivity contribution is 0.0712. The molecule has 1 fully saturated rings. The Kier molecular flexibility index (Phi) is 3.54. The molecule has 1 aromatic rings. The number of hydrogen-bond donors (Lipinski definition) is 1. The molecule has 1 aliphatic rings. The molecule has 1 amide bonds. The van der Waals surface area contributed by atoms with E-state index in [2.05, 4.69) is 22.1 Å². The fourth-order valence-corrected chi connectivity index (χ4v) is 1.98. The fraction of sp³-hybridized carbons (Fsp3) is 0.727. The zero-order valence-corrected chi connectivity index (χ0v) is 9.70. The average molecular weight is 222 g/mol. The van der Waals surface area contributed by atoms with Crippen molar-refractivity contribution in [1.82, 2.24) is 20.1 Å². The molecule has 0 spiro atoms. The summed E-state index contributed by atoms with van der Waals surface area (Å²) in [6.45, 7) is 3.77. The minimum atomic E-state index is -0.0293. The molecule has 0 aliphatic carbocycles. The average Bonchev–Trinajstić information content (AvgIpc) is 2.78. The molecule has 1 saturated heterocycles. The molecule has 0 aromatic carbocycles. The SMILES string of the molecule is CCCc1nc(C(=O)N2CCCCC2)n[nH]1. The molecule has 88 valence electrons. The van der Waals surface area contributed by atoms with Crippen molar-refractivity contribution in [3.8, 4) is 0 Å². The number of carbonyl (C=O) groups excluding carboxylic acids is 1. The van der Waals surface area contributed by atoms with Crippen LogP contribution in [-0.2, 0) is 6.42 Å². The van der Waals surface area contributed by atoms with Crippen molar-refractivity contribution in [3.63, 3.8) is 0 Å². The molecule has 0 radical (unpaired) electrons. The number of rotatable bonds is 3. The summed E-state index contributed by atoms with van der Waals surface area (Å²) < 4.78 is 0. The molecule has 2 rings (SSSR count). The van der Waals surface area contributed by atoms with E-state index in [1.807, 2.05) is 4.90 Å². The number of carbonyl (C=O) groups is 1. The molecule has 1 N–H and O–H groups in total. The zero-order chi connectivity index (χ0) is 11.4. The Morgan fingerprint density at radius 2 is 2.12 bits per heavy atom. The Labute approximate surface area is 95.2 Å². The van der Waals surface area contributed by atoms with Gasteiger partial charge in [-0.15, -0.1) is 5.10 Å². The molecule has 1 aromatic heterocycles. The maximum Gasteiger partial charge on any atom is 0.293 e. The van der Waals surface area contributed by atoms with E-state index in [-0.39, 0.29) is 5.91 Å². The van der Waals surface area contributed by atoms with Crippen molar-refractivity contribution in [2.45, 2.75) is 39.0 Å². The van der Waals surface area contributed by atoms with Gasteiger partial charge >= 0.3 is 0 Å². The second-order valence-corrected chi connectivity index (χ2v) is 4.21. The molecule has 0 saturated carbocycles. The second kappa shape index (κ2) is 5.09. The molecule has 5 heteroatoms. The van der Waals surface area contributed by atoms with E-state index in [0.29, 0.717) is 5.82 Å². The first-order chi connectivity index (χ1) is 7.81. The number of H-pyrrole nitrogens is 1. The first-order valence-corrected chi connectivity index (χ1v) is 6.02. The number of nitrogens with one attached hydrogen (secondary N) is 1. The van der Waals surface area contributed by atoms with Gasteiger partial charge in [-0.2, -0.15) is 0 Å². The maximum atomic E-state index is 12.0. The van der Waals surface area contributed by atoms with Gasteiger partial charge in [0.05, 0.1) is 0 Å². The van der Waals surface area contributed by atoms with Gasteiger partial charge in [-0.25, -0.2) is 4.98 Å². The van der Waals surface area contributed by atoms with E-state index in [1.165, 1.54) is 6.42 Å². The summed E-state index contributed by atoms with van der Waals surface area (Å²) in [5.74, 6) is 1.10. The Balaban J connectivity index is 2.01. The molecule has 16 heavy (non-hydrogen) atoms. The van der Waals surface area contributed by atoms with Gasteiger partial charge in [-0.05, 0) is 25.7 Å². The summed E-state index contributed by atoms with van der Waals surface area (Å²) >= 11 is 0. The number of aromatic amines is 1.